The number of pyridine rings is 1. The Bertz CT molecular complexity index is 495. The molecular formula is C15H23N3. The molecular weight excluding hydrogens is 222 g/mol. The fourth-order valence-corrected chi connectivity index (χ4v) is 2.45. The van der Waals surface area contributed by atoms with Gasteiger partial charge in [-0.25, -0.2) is 4.98 Å². The molecule has 98 valence electrons. The number of nitrogens with one attached hydrogen (secondary N) is 1. The van der Waals surface area contributed by atoms with Gasteiger partial charge in [-0.05, 0) is 37.8 Å². The van der Waals surface area contributed by atoms with Crippen LogP contribution >= 0.6 is 0 Å². The topological polar surface area (TPSA) is 31.9 Å². The van der Waals surface area contributed by atoms with E-state index in [0.29, 0.717) is 0 Å². The predicted molar refractivity (Wildman–Crippen MR) is 78.2 cm³/mol. The molecule has 0 radical (unpaired) electrons. The average molecular weight is 245 g/mol. The fourth-order valence-electron chi connectivity index (χ4n) is 2.45. The number of aromatic amines is 1. The number of anilines is 1. The largest absolute Gasteiger partial charge is 0.370 e. The normalized spacial score (nSPS) is 15.4. The molecule has 0 aromatic carbocycles. The SMILES string of the molecule is CC.Cc1c[nH]c2ncc(N3CCCCC3)cc12. The lowest BCUT2D eigenvalue weighted by Gasteiger charge is -2.28. The maximum atomic E-state index is 4.48. The first-order chi connectivity index (χ1) is 8.84. The molecule has 2 aromatic rings. The van der Waals surface area contributed by atoms with Crippen LogP contribution in [0.5, 0.6) is 0 Å². The maximum Gasteiger partial charge on any atom is 0.137 e. The lowest BCUT2D eigenvalue weighted by molar-refractivity contribution is 0.577. The van der Waals surface area contributed by atoms with Crippen LogP contribution in [0, 0.1) is 6.92 Å². The first-order valence-corrected chi connectivity index (χ1v) is 7.03. The molecule has 3 nitrogen and oxygen atoms in total. The summed E-state index contributed by atoms with van der Waals surface area (Å²) < 4.78 is 0. The van der Waals surface area contributed by atoms with E-state index in [9.17, 15) is 0 Å². The number of hydrogen-bond acceptors (Lipinski definition) is 2. The van der Waals surface area contributed by atoms with Gasteiger partial charge < -0.3 is 9.88 Å². The molecule has 3 heterocycles. The van der Waals surface area contributed by atoms with Gasteiger partial charge >= 0.3 is 0 Å². The Balaban J connectivity index is 0.000000574. The standard InChI is InChI=1S/C13H17N3.C2H6/c1-10-8-14-13-12(10)7-11(9-15-13)16-5-3-2-4-6-16;1-2/h7-9H,2-6H2,1H3,(H,14,15);1-2H3. The summed E-state index contributed by atoms with van der Waals surface area (Å²) in [6.07, 6.45) is 8.00. The van der Waals surface area contributed by atoms with Crippen molar-refractivity contribution in [3.05, 3.63) is 24.0 Å². The van der Waals surface area contributed by atoms with Crippen molar-refractivity contribution >= 4 is 16.7 Å². The first kappa shape index (κ1) is 12.9. The van der Waals surface area contributed by atoms with E-state index in [4.69, 9.17) is 0 Å². The monoisotopic (exact) mass is 245 g/mol. The minimum atomic E-state index is 0.998. The average Bonchev–Trinajstić information content (AvgIpc) is 2.83. The molecule has 1 aliphatic heterocycles. The predicted octanol–water partition coefficient (Wildman–Crippen LogP) is 3.89. The molecule has 0 spiro atoms. The van der Waals surface area contributed by atoms with Gasteiger partial charge in [-0.2, -0.15) is 0 Å². The van der Waals surface area contributed by atoms with Crippen molar-refractivity contribution in [1.82, 2.24) is 9.97 Å². The highest BCUT2D eigenvalue weighted by molar-refractivity contribution is 5.82. The summed E-state index contributed by atoms with van der Waals surface area (Å²) in [5.41, 5.74) is 3.55. The highest BCUT2D eigenvalue weighted by Gasteiger charge is 2.12. The summed E-state index contributed by atoms with van der Waals surface area (Å²) in [6.45, 7) is 8.48. The van der Waals surface area contributed by atoms with E-state index in [1.54, 1.807) is 0 Å². The smallest absolute Gasteiger partial charge is 0.137 e. The van der Waals surface area contributed by atoms with Crippen LogP contribution in [0.2, 0.25) is 0 Å². The molecule has 0 aliphatic carbocycles. The van der Waals surface area contributed by atoms with E-state index in [1.807, 2.05) is 26.2 Å². The van der Waals surface area contributed by atoms with Gasteiger partial charge in [0.05, 0.1) is 11.9 Å². The van der Waals surface area contributed by atoms with Crippen LogP contribution in [0.3, 0.4) is 0 Å². The molecule has 1 aliphatic rings. The minimum absolute atomic E-state index is 0.998. The second kappa shape index (κ2) is 5.89. The van der Waals surface area contributed by atoms with Crippen LogP contribution < -0.4 is 4.90 Å². The lowest BCUT2D eigenvalue weighted by Crippen LogP contribution is -2.29. The van der Waals surface area contributed by atoms with Crippen LogP contribution in [0.1, 0.15) is 38.7 Å². The zero-order chi connectivity index (χ0) is 13.0. The number of aryl methyl sites for hydroxylation is 1. The van der Waals surface area contributed by atoms with Crippen molar-refractivity contribution in [1.29, 1.82) is 0 Å². The molecule has 0 saturated carbocycles. The Hall–Kier alpha value is -1.51. The molecule has 3 heteroatoms. The highest BCUT2D eigenvalue weighted by atomic mass is 15.1. The molecule has 0 bridgehead atoms. The van der Waals surface area contributed by atoms with E-state index in [2.05, 4.69) is 27.9 Å². The molecule has 0 atom stereocenters. The Morgan fingerprint density at radius 1 is 1.17 bits per heavy atom. The van der Waals surface area contributed by atoms with Crippen molar-refractivity contribution in [3.63, 3.8) is 0 Å². The van der Waals surface area contributed by atoms with E-state index in [0.717, 1.165) is 5.65 Å². The third kappa shape index (κ3) is 2.50. The van der Waals surface area contributed by atoms with Crippen LogP contribution in [0.15, 0.2) is 18.5 Å². The van der Waals surface area contributed by atoms with Gasteiger partial charge in [0.15, 0.2) is 0 Å². The Kier molecular flexibility index (Phi) is 4.24. The lowest BCUT2D eigenvalue weighted by atomic mass is 10.1. The van der Waals surface area contributed by atoms with E-state index >= 15 is 0 Å². The summed E-state index contributed by atoms with van der Waals surface area (Å²) in [6, 6.07) is 2.26. The van der Waals surface area contributed by atoms with Gasteiger partial charge in [0.1, 0.15) is 5.65 Å². The van der Waals surface area contributed by atoms with Gasteiger partial charge in [-0.1, -0.05) is 13.8 Å². The zero-order valence-electron chi connectivity index (χ0n) is 11.7. The van der Waals surface area contributed by atoms with Crippen LogP contribution in [0.4, 0.5) is 5.69 Å². The number of H-pyrrole nitrogens is 1. The van der Waals surface area contributed by atoms with Gasteiger partial charge in [-0.3, -0.25) is 0 Å². The summed E-state index contributed by atoms with van der Waals surface area (Å²) in [7, 11) is 0. The van der Waals surface area contributed by atoms with Gasteiger partial charge in [0.25, 0.3) is 0 Å². The number of nitrogens with zero attached hydrogens (tertiary/aromatic N) is 2. The number of rotatable bonds is 1. The number of aromatic nitrogens is 2. The Labute approximate surface area is 109 Å². The highest BCUT2D eigenvalue weighted by Crippen LogP contribution is 2.24. The Morgan fingerprint density at radius 2 is 1.89 bits per heavy atom. The third-order valence-electron chi connectivity index (χ3n) is 3.44. The second-order valence-electron chi connectivity index (χ2n) is 4.61. The second-order valence-corrected chi connectivity index (χ2v) is 4.61. The van der Waals surface area contributed by atoms with Crippen molar-refractivity contribution in [3.8, 4) is 0 Å². The first-order valence-electron chi connectivity index (χ1n) is 7.03. The molecule has 3 rings (SSSR count). The van der Waals surface area contributed by atoms with Crippen LogP contribution in [0.25, 0.3) is 11.0 Å². The number of piperidine rings is 1. The van der Waals surface area contributed by atoms with Crippen molar-refractivity contribution < 1.29 is 0 Å². The van der Waals surface area contributed by atoms with Crippen LogP contribution in [-0.2, 0) is 0 Å². The molecule has 0 unspecified atom stereocenters. The van der Waals surface area contributed by atoms with Gasteiger partial charge in [0, 0.05) is 24.7 Å². The number of fused-ring (bicyclic) bond motifs is 1. The molecule has 1 saturated heterocycles. The third-order valence-corrected chi connectivity index (χ3v) is 3.44. The quantitative estimate of drug-likeness (QED) is 0.826. The molecule has 1 fully saturated rings. The van der Waals surface area contributed by atoms with Gasteiger partial charge in [-0.15, -0.1) is 0 Å². The molecule has 2 aromatic heterocycles. The molecule has 0 amide bonds. The summed E-state index contributed by atoms with van der Waals surface area (Å²) in [5.74, 6) is 0. The summed E-state index contributed by atoms with van der Waals surface area (Å²) in [5, 5.41) is 1.25. The Morgan fingerprint density at radius 3 is 2.61 bits per heavy atom. The maximum absolute atomic E-state index is 4.48. The summed E-state index contributed by atoms with van der Waals surface area (Å²) in [4.78, 5) is 10.1. The van der Waals surface area contributed by atoms with E-state index in [-0.39, 0.29) is 0 Å². The molecule has 18 heavy (non-hydrogen) atoms. The van der Waals surface area contributed by atoms with Crippen molar-refractivity contribution in [2.75, 3.05) is 18.0 Å². The minimum Gasteiger partial charge on any atom is -0.370 e. The number of hydrogen-bond donors (Lipinski definition) is 1. The van der Waals surface area contributed by atoms with Crippen molar-refractivity contribution in [2.24, 2.45) is 0 Å². The van der Waals surface area contributed by atoms with E-state index in [1.165, 1.54) is 49.0 Å². The summed E-state index contributed by atoms with van der Waals surface area (Å²) >= 11 is 0. The van der Waals surface area contributed by atoms with E-state index < -0.39 is 0 Å². The fraction of sp³-hybridized carbons (Fsp3) is 0.533. The van der Waals surface area contributed by atoms with Gasteiger partial charge in [0.2, 0.25) is 0 Å². The van der Waals surface area contributed by atoms with Crippen LogP contribution in [-0.4, -0.2) is 23.1 Å². The van der Waals surface area contributed by atoms with Crippen molar-refractivity contribution in [2.45, 2.75) is 40.0 Å². The molecule has 1 N–H and O–H groups in total. The zero-order valence-corrected chi connectivity index (χ0v) is 11.7.